The lowest BCUT2D eigenvalue weighted by Gasteiger charge is -2.20. The van der Waals surface area contributed by atoms with Crippen molar-refractivity contribution in [1.82, 2.24) is 4.31 Å². The van der Waals surface area contributed by atoms with E-state index in [-0.39, 0.29) is 11.8 Å². The van der Waals surface area contributed by atoms with Crippen LogP contribution in [-0.4, -0.2) is 22.4 Å². The van der Waals surface area contributed by atoms with Crippen molar-refractivity contribution in [3.63, 3.8) is 0 Å². The Labute approximate surface area is 204 Å². The minimum atomic E-state index is -1.37. The van der Waals surface area contributed by atoms with Crippen molar-refractivity contribution in [3.8, 4) is 0 Å². The number of benzene rings is 2. The number of allylic oxidation sites excluding steroid dienone is 3. The second-order valence-electron chi connectivity index (χ2n) is 7.82. The number of halogens is 3. The van der Waals surface area contributed by atoms with Crippen molar-refractivity contribution in [3.05, 3.63) is 99.0 Å². The summed E-state index contributed by atoms with van der Waals surface area (Å²) < 4.78 is 18.7. The lowest BCUT2D eigenvalue weighted by Crippen LogP contribution is -2.24. The van der Waals surface area contributed by atoms with Gasteiger partial charge >= 0.3 is 0 Å². The molecule has 1 fully saturated rings. The Bertz CT molecular complexity index is 1040. The smallest absolute Gasteiger partial charge is 0.257 e. The summed E-state index contributed by atoms with van der Waals surface area (Å²) >= 11 is 8.29. The molecule has 2 atom stereocenters. The molecule has 0 aromatic heterocycles. The third-order valence-corrected chi connectivity index (χ3v) is 7.77. The van der Waals surface area contributed by atoms with Crippen molar-refractivity contribution < 1.29 is 9.18 Å². The van der Waals surface area contributed by atoms with E-state index in [9.17, 15) is 4.79 Å². The van der Waals surface area contributed by atoms with Gasteiger partial charge in [0.15, 0.2) is 0 Å². The Morgan fingerprint density at radius 1 is 1.23 bits per heavy atom. The van der Waals surface area contributed by atoms with Crippen molar-refractivity contribution in [2.45, 2.75) is 36.8 Å². The third kappa shape index (κ3) is 6.67. The molecule has 2 nitrogen and oxygen atoms in total. The predicted octanol–water partition coefficient (Wildman–Crippen LogP) is 8.02. The minimum Gasteiger partial charge on any atom is -0.275 e. The second kappa shape index (κ2) is 10.3. The fourth-order valence-electron chi connectivity index (χ4n) is 3.16. The maximum atomic E-state index is 15.1. The van der Waals surface area contributed by atoms with Gasteiger partial charge in [-0.15, -0.1) is 0 Å². The van der Waals surface area contributed by atoms with Crippen LogP contribution < -0.4 is 0 Å². The zero-order chi connectivity index (χ0) is 22.6. The van der Waals surface area contributed by atoms with Crippen LogP contribution in [0.2, 0.25) is 0 Å². The Hall–Kier alpha value is -1.63. The first-order valence-electron chi connectivity index (χ1n) is 9.88. The molecular weight excluding hydrogens is 541 g/mol. The van der Waals surface area contributed by atoms with Gasteiger partial charge in [-0.05, 0) is 106 Å². The van der Waals surface area contributed by atoms with Crippen LogP contribution in [-0.2, 0) is 4.79 Å². The van der Waals surface area contributed by atoms with E-state index in [4.69, 9.17) is 0 Å². The number of hydrogen-bond acceptors (Lipinski definition) is 2. The van der Waals surface area contributed by atoms with Gasteiger partial charge in [0, 0.05) is 25.8 Å². The summed E-state index contributed by atoms with van der Waals surface area (Å²) in [6.45, 7) is 8.08. The summed E-state index contributed by atoms with van der Waals surface area (Å²) in [7, 11) is 0. The highest BCUT2D eigenvalue weighted by atomic mass is 79.9. The van der Waals surface area contributed by atoms with Gasteiger partial charge in [-0.25, -0.2) is 4.39 Å². The molecule has 1 unspecified atom stereocenters. The second-order valence-corrected chi connectivity index (χ2v) is 10.6. The Kier molecular flexibility index (Phi) is 8.00. The molecule has 1 saturated carbocycles. The molecule has 3 rings (SSSR count). The number of amides is 1. The first-order valence-corrected chi connectivity index (χ1v) is 12.2. The summed E-state index contributed by atoms with van der Waals surface area (Å²) in [5.74, 6) is -0.304. The van der Waals surface area contributed by atoms with E-state index >= 15 is 4.39 Å². The maximum Gasteiger partial charge on any atom is 0.257 e. The van der Waals surface area contributed by atoms with Crippen LogP contribution in [0.3, 0.4) is 0 Å². The highest BCUT2D eigenvalue weighted by molar-refractivity contribution is 9.13. The number of carbonyl (C=O) groups excluding carboxylic acids is 1. The average Bonchev–Trinajstić information content (AvgIpc) is 3.40. The molecular formula is C25H24Br2FNOS. The zero-order valence-corrected chi connectivity index (χ0v) is 21.4. The molecule has 31 heavy (non-hydrogen) atoms. The van der Waals surface area contributed by atoms with E-state index in [0.717, 1.165) is 25.0 Å². The summed E-state index contributed by atoms with van der Waals surface area (Å²) in [4.78, 5) is 13.8. The number of rotatable bonds is 8. The van der Waals surface area contributed by atoms with Crippen molar-refractivity contribution in [1.29, 1.82) is 0 Å². The van der Waals surface area contributed by atoms with Crippen LogP contribution in [0.15, 0.2) is 98.3 Å². The van der Waals surface area contributed by atoms with E-state index in [2.05, 4.69) is 38.4 Å². The molecule has 0 saturated heterocycles. The lowest BCUT2D eigenvalue weighted by atomic mass is 10.1. The largest absolute Gasteiger partial charge is 0.275 e. The summed E-state index contributed by atoms with van der Waals surface area (Å²) in [5.41, 5.74) is 1.20. The fraction of sp³-hybridized carbons (Fsp3) is 0.240. The Morgan fingerprint density at radius 3 is 2.58 bits per heavy atom. The van der Waals surface area contributed by atoms with Crippen LogP contribution in [0.25, 0.3) is 0 Å². The van der Waals surface area contributed by atoms with Crippen molar-refractivity contribution >= 4 is 49.7 Å². The molecule has 0 spiro atoms. The molecule has 162 valence electrons. The summed E-state index contributed by atoms with van der Waals surface area (Å²) in [5, 5.41) is 0. The first kappa shape index (κ1) is 24.0. The minimum absolute atomic E-state index is 0.143. The number of carbonyl (C=O) groups is 1. The molecule has 6 heteroatoms. The lowest BCUT2D eigenvalue weighted by molar-refractivity contribution is -0.121. The highest BCUT2D eigenvalue weighted by Crippen LogP contribution is 2.56. The van der Waals surface area contributed by atoms with E-state index < -0.39 is 5.67 Å². The van der Waals surface area contributed by atoms with Gasteiger partial charge in [-0.2, -0.15) is 0 Å². The molecule has 1 aliphatic carbocycles. The maximum absolute atomic E-state index is 15.1. The molecule has 0 radical (unpaired) electrons. The van der Waals surface area contributed by atoms with Crippen molar-refractivity contribution in [2.24, 2.45) is 0 Å². The number of alkyl halides is 1. The van der Waals surface area contributed by atoms with Gasteiger partial charge < -0.3 is 0 Å². The highest BCUT2D eigenvalue weighted by Gasteiger charge is 2.54. The summed E-state index contributed by atoms with van der Waals surface area (Å²) in [6.07, 6.45) is 5.29. The van der Waals surface area contributed by atoms with Gasteiger partial charge in [0.1, 0.15) is 5.67 Å². The summed E-state index contributed by atoms with van der Waals surface area (Å²) in [6, 6.07) is 15.5. The van der Waals surface area contributed by atoms with Gasteiger partial charge in [0.25, 0.3) is 5.91 Å². The molecule has 1 amide bonds. The molecule has 0 bridgehead atoms. The van der Waals surface area contributed by atoms with E-state index in [1.807, 2.05) is 62.4 Å². The molecule has 0 aliphatic heterocycles. The molecule has 0 N–H and O–H groups in total. The fourth-order valence-corrected chi connectivity index (χ4v) is 4.76. The topological polar surface area (TPSA) is 20.3 Å². The standard InChI is InChI=1S/C25H24Br2FNOS/c1-17(2)16-29(31-20-7-5-4-6-8-20)24(30)13-18(3)11-12-25(28)15-21(25)19-9-10-22(26)23(27)14-19/h4-14,21H,1,15-16H2,2-3H3/t21?,25-/m0/s1. The zero-order valence-electron chi connectivity index (χ0n) is 17.4. The van der Waals surface area contributed by atoms with E-state index in [1.165, 1.54) is 11.9 Å². The van der Waals surface area contributed by atoms with Crippen LogP contribution in [0.1, 0.15) is 31.7 Å². The predicted molar refractivity (Wildman–Crippen MR) is 135 cm³/mol. The normalized spacial score (nSPS) is 20.7. The third-order valence-electron chi connectivity index (χ3n) is 4.87. The molecule has 1 aliphatic rings. The van der Waals surface area contributed by atoms with Gasteiger partial charge in [0.2, 0.25) is 0 Å². The SMILES string of the molecule is C=C(C)CN(Sc1ccccc1)C(=O)C=C(C)C=C[C@]1(F)CC1c1ccc(Br)c(Br)c1. The average molecular weight is 565 g/mol. The molecule has 0 heterocycles. The number of nitrogens with zero attached hydrogens (tertiary/aromatic N) is 1. The van der Waals surface area contributed by atoms with Crippen LogP contribution in [0, 0.1) is 0 Å². The van der Waals surface area contributed by atoms with Gasteiger partial charge in [-0.3, -0.25) is 9.10 Å². The molecule has 2 aromatic carbocycles. The number of hydrogen-bond donors (Lipinski definition) is 0. The Morgan fingerprint density at radius 2 is 1.94 bits per heavy atom. The van der Waals surface area contributed by atoms with Crippen molar-refractivity contribution in [2.75, 3.05) is 6.54 Å². The van der Waals surface area contributed by atoms with Crippen LogP contribution in [0.4, 0.5) is 4.39 Å². The van der Waals surface area contributed by atoms with Crippen LogP contribution in [0.5, 0.6) is 0 Å². The van der Waals surface area contributed by atoms with Gasteiger partial charge in [-0.1, -0.05) is 42.5 Å². The Balaban J connectivity index is 1.67. The first-order chi connectivity index (χ1) is 14.7. The van der Waals surface area contributed by atoms with E-state index in [1.54, 1.807) is 22.5 Å². The van der Waals surface area contributed by atoms with E-state index in [0.29, 0.717) is 18.5 Å². The quantitative estimate of drug-likeness (QED) is 0.140. The molecule has 2 aromatic rings. The van der Waals surface area contributed by atoms with Crippen LogP contribution >= 0.6 is 43.8 Å². The monoisotopic (exact) mass is 563 g/mol. The van der Waals surface area contributed by atoms with Gasteiger partial charge in [0.05, 0.1) is 6.54 Å².